The van der Waals surface area contributed by atoms with Gasteiger partial charge in [0, 0.05) is 7.05 Å². The second-order valence-corrected chi connectivity index (χ2v) is 2.28. The lowest BCUT2D eigenvalue weighted by Crippen LogP contribution is -1.94. The number of aryl methyl sites for hydroxylation is 1. The maximum Gasteiger partial charge on any atom is 0.327 e. The number of aromatic nitrogens is 2. The highest BCUT2D eigenvalue weighted by atomic mass is 16.6. The van der Waals surface area contributed by atoms with Gasteiger partial charge in [0.25, 0.3) is 0 Å². The van der Waals surface area contributed by atoms with Crippen LogP contribution in [0.4, 0.5) is 5.69 Å². The SMILES string of the molecule is Cc1c([N+](=O)[O-])c(C#N)nn1C. The molecule has 6 nitrogen and oxygen atoms in total. The van der Waals surface area contributed by atoms with E-state index in [4.69, 9.17) is 5.26 Å². The molecule has 0 amide bonds. The van der Waals surface area contributed by atoms with Crippen molar-refractivity contribution in [1.29, 1.82) is 5.26 Å². The molecular formula is C6H6N4O2. The van der Waals surface area contributed by atoms with Crippen LogP contribution in [0.5, 0.6) is 0 Å². The highest BCUT2D eigenvalue weighted by Crippen LogP contribution is 2.20. The Kier molecular flexibility index (Phi) is 1.79. The molecule has 0 aliphatic heterocycles. The van der Waals surface area contributed by atoms with Gasteiger partial charge in [0.05, 0.1) is 4.92 Å². The fourth-order valence-corrected chi connectivity index (χ4v) is 0.891. The Labute approximate surface area is 68.2 Å². The molecule has 1 heterocycles. The standard InChI is InChI=1S/C6H6N4O2/c1-4-6(10(11)12)5(3-7)8-9(4)2/h1-2H3. The van der Waals surface area contributed by atoms with Crippen LogP contribution in [0.1, 0.15) is 11.4 Å². The quantitative estimate of drug-likeness (QED) is 0.449. The van der Waals surface area contributed by atoms with Gasteiger partial charge in [-0.1, -0.05) is 0 Å². The highest BCUT2D eigenvalue weighted by molar-refractivity contribution is 5.47. The number of hydrogen-bond donors (Lipinski definition) is 0. The summed E-state index contributed by atoms with van der Waals surface area (Å²) < 4.78 is 1.32. The molecule has 6 heteroatoms. The predicted molar refractivity (Wildman–Crippen MR) is 39.3 cm³/mol. The van der Waals surface area contributed by atoms with Crippen LogP contribution in [0.2, 0.25) is 0 Å². The largest absolute Gasteiger partial charge is 0.327 e. The Hall–Kier alpha value is -1.90. The van der Waals surface area contributed by atoms with E-state index in [2.05, 4.69) is 5.10 Å². The molecule has 0 atom stereocenters. The minimum atomic E-state index is -0.596. The molecule has 12 heavy (non-hydrogen) atoms. The molecule has 0 N–H and O–H groups in total. The number of hydrogen-bond acceptors (Lipinski definition) is 4. The minimum absolute atomic E-state index is 0.139. The van der Waals surface area contributed by atoms with Crippen LogP contribution in [0, 0.1) is 28.4 Å². The monoisotopic (exact) mass is 166 g/mol. The molecule has 1 rings (SSSR count). The topological polar surface area (TPSA) is 84.8 Å². The second-order valence-electron chi connectivity index (χ2n) is 2.28. The summed E-state index contributed by atoms with van der Waals surface area (Å²) in [6.07, 6.45) is 0. The first-order valence-corrected chi connectivity index (χ1v) is 3.16. The Morgan fingerprint density at radius 3 is 2.67 bits per heavy atom. The molecule has 0 radical (unpaired) electrons. The van der Waals surface area contributed by atoms with Crippen molar-refractivity contribution in [1.82, 2.24) is 9.78 Å². The van der Waals surface area contributed by atoms with Crippen molar-refractivity contribution in [2.75, 3.05) is 0 Å². The van der Waals surface area contributed by atoms with Crippen LogP contribution < -0.4 is 0 Å². The van der Waals surface area contributed by atoms with Crippen molar-refractivity contribution in [2.45, 2.75) is 6.92 Å². The first-order chi connectivity index (χ1) is 5.57. The summed E-state index contributed by atoms with van der Waals surface area (Å²) >= 11 is 0. The maximum atomic E-state index is 10.4. The van der Waals surface area contributed by atoms with Gasteiger partial charge in [-0.2, -0.15) is 10.4 Å². The van der Waals surface area contributed by atoms with Gasteiger partial charge in [-0.15, -0.1) is 0 Å². The average molecular weight is 166 g/mol. The molecule has 0 saturated carbocycles. The smallest absolute Gasteiger partial charge is 0.264 e. The van der Waals surface area contributed by atoms with E-state index in [1.807, 2.05) is 0 Å². The zero-order valence-corrected chi connectivity index (χ0v) is 6.61. The molecule has 62 valence electrons. The first-order valence-electron chi connectivity index (χ1n) is 3.16. The summed E-state index contributed by atoms with van der Waals surface area (Å²) in [6.45, 7) is 1.55. The Bertz CT molecular complexity index is 374. The molecule has 0 aromatic carbocycles. The van der Waals surface area contributed by atoms with E-state index in [-0.39, 0.29) is 11.4 Å². The van der Waals surface area contributed by atoms with Crippen LogP contribution in [-0.2, 0) is 7.05 Å². The lowest BCUT2D eigenvalue weighted by atomic mass is 10.3. The third-order valence-electron chi connectivity index (χ3n) is 1.59. The Balaban J connectivity index is 3.44. The fraction of sp³-hybridized carbons (Fsp3) is 0.333. The van der Waals surface area contributed by atoms with Crippen LogP contribution in [0.15, 0.2) is 0 Å². The predicted octanol–water partition coefficient (Wildman–Crippen LogP) is 0.508. The van der Waals surface area contributed by atoms with Gasteiger partial charge in [0.2, 0.25) is 5.69 Å². The molecule has 0 bridgehead atoms. The number of nitriles is 1. The molecule has 0 saturated heterocycles. The summed E-state index contributed by atoms with van der Waals surface area (Å²) in [5, 5.41) is 22.6. The summed E-state index contributed by atoms with van der Waals surface area (Å²) in [5.74, 6) is 0. The number of nitrogens with zero attached hydrogens (tertiary/aromatic N) is 4. The van der Waals surface area contributed by atoms with Gasteiger partial charge in [-0.05, 0) is 6.92 Å². The van der Waals surface area contributed by atoms with Crippen LogP contribution in [-0.4, -0.2) is 14.7 Å². The Morgan fingerprint density at radius 1 is 1.75 bits per heavy atom. The second kappa shape index (κ2) is 2.62. The van der Waals surface area contributed by atoms with Crippen molar-refractivity contribution in [3.05, 3.63) is 21.5 Å². The van der Waals surface area contributed by atoms with Gasteiger partial charge in [0.1, 0.15) is 11.8 Å². The molecule has 0 aliphatic rings. The molecule has 1 aromatic heterocycles. The average Bonchev–Trinajstić information content (AvgIpc) is 2.28. The number of nitro groups is 1. The van der Waals surface area contributed by atoms with Crippen LogP contribution in [0.3, 0.4) is 0 Å². The van der Waals surface area contributed by atoms with Crippen molar-refractivity contribution < 1.29 is 4.92 Å². The van der Waals surface area contributed by atoms with Crippen molar-refractivity contribution in [3.63, 3.8) is 0 Å². The summed E-state index contributed by atoms with van der Waals surface area (Å²) in [7, 11) is 1.56. The van der Waals surface area contributed by atoms with Gasteiger partial charge < -0.3 is 0 Å². The lowest BCUT2D eigenvalue weighted by molar-refractivity contribution is -0.385. The normalized spacial score (nSPS) is 9.42. The summed E-state index contributed by atoms with van der Waals surface area (Å²) in [6, 6.07) is 1.66. The maximum absolute atomic E-state index is 10.4. The van der Waals surface area contributed by atoms with Crippen molar-refractivity contribution in [3.8, 4) is 6.07 Å². The molecule has 0 spiro atoms. The third-order valence-corrected chi connectivity index (χ3v) is 1.59. The van der Waals surface area contributed by atoms with Crippen molar-refractivity contribution in [2.24, 2.45) is 7.05 Å². The van der Waals surface area contributed by atoms with E-state index in [0.717, 1.165) is 0 Å². The molecule has 0 fully saturated rings. The van der Waals surface area contributed by atoms with Gasteiger partial charge in [-0.3, -0.25) is 14.8 Å². The Morgan fingerprint density at radius 2 is 2.33 bits per heavy atom. The van der Waals surface area contributed by atoms with Gasteiger partial charge in [-0.25, -0.2) is 0 Å². The first kappa shape index (κ1) is 8.20. The summed E-state index contributed by atoms with van der Waals surface area (Å²) in [5.41, 5.74) is 0.0385. The van der Waals surface area contributed by atoms with Gasteiger partial charge in [0.15, 0.2) is 0 Å². The summed E-state index contributed by atoms with van der Waals surface area (Å²) in [4.78, 5) is 9.82. The van der Waals surface area contributed by atoms with E-state index < -0.39 is 4.92 Å². The number of rotatable bonds is 1. The zero-order chi connectivity index (χ0) is 9.30. The minimum Gasteiger partial charge on any atom is -0.264 e. The van der Waals surface area contributed by atoms with E-state index in [1.54, 1.807) is 20.0 Å². The molecular weight excluding hydrogens is 160 g/mol. The van der Waals surface area contributed by atoms with Crippen LogP contribution in [0.25, 0.3) is 0 Å². The highest BCUT2D eigenvalue weighted by Gasteiger charge is 2.22. The zero-order valence-electron chi connectivity index (χ0n) is 6.61. The van der Waals surface area contributed by atoms with Gasteiger partial charge >= 0.3 is 5.69 Å². The van der Waals surface area contributed by atoms with E-state index in [0.29, 0.717) is 5.69 Å². The van der Waals surface area contributed by atoms with E-state index in [9.17, 15) is 10.1 Å². The van der Waals surface area contributed by atoms with Crippen molar-refractivity contribution >= 4 is 5.69 Å². The molecule has 0 unspecified atom stereocenters. The van der Waals surface area contributed by atoms with Crippen LogP contribution >= 0.6 is 0 Å². The van der Waals surface area contributed by atoms with E-state index in [1.165, 1.54) is 4.68 Å². The lowest BCUT2D eigenvalue weighted by Gasteiger charge is -1.89. The molecule has 0 aliphatic carbocycles. The third kappa shape index (κ3) is 1.01. The fourth-order valence-electron chi connectivity index (χ4n) is 0.891. The van der Waals surface area contributed by atoms with E-state index >= 15 is 0 Å². The molecule has 1 aromatic rings.